The molecule has 4 heteroatoms. The topological polar surface area (TPSA) is 61.4 Å². The van der Waals surface area contributed by atoms with Gasteiger partial charge in [-0.25, -0.2) is 0 Å². The van der Waals surface area contributed by atoms with E-state index in [1.165, 1.54) is 0 Å². The Balaban J connectivity index is 2.05. The normalized spacial score (nSPS) is 22.0. The fourth-order valence-corrected chi connectivity index (χ4v) is 3.08. The number of benzene rings is 1. The minimum Gasteiger partial charge on any atom is -0.396 e. The summed E-state index contributed by atoms with van der Waals surface area (Å²) in [5, 5.41) is 15.7. The van der Waals surface area contributed by atoms with Gasteiger partial charge in [0.25, 0.3) is 5.91 Å². The molecule has 1 aromatic carbocycles. The average molecular weight is 290 g/mol. The molecule has 1 aliphatic rings. The molecule has 116 valence electrons. The third kappa shape index (κ3) is 4.29. The van der Waals surface area contributed by atoms with Gasteiger partial charge in [-0.05, 0) is 44.5 Å². The van der Waals surface area contributed by atoms with Gasteiger partial charge in [-0.15, -0.1) is 0 Å². The monoisotopic (exact) mass is 290 g/mol. The Hall–Kier alpha value is -1.39. The molecule has 0 spiro atoms. The second-order valence-electron chi connectivity index (χ2n) is 5.82. The number of likely N-dealkylation sites (N-methyl/N-ethyl adjacent to an activating group) is 1. The Bertz CT molecular complexity index is 462. The van der Waals surface area contributed by atoms with Crippen molar-refractivity contribution >= 4 is 5.91 Å². The molecule has 0 aliphatic heterocycles. The third-order valence-corrected chi connectivity index (χ3v) is 4.37. The molecule has 0 bridgehead atoms. The molecular weight excluding hydrogens is 264 g/mol. The van der Waals surface area contributed by atoms with E-state index in [1.54, 1.807) is 0 Å². The van der Waals surface area contributed by atoms with E-state index in [0.717, 1.165) is 49.8 Å². The van der Waals surface area contributed by atoms with Crippen LogP contribution in [-0.2, 0) is 6.42 Å². The number of rotatable bonds is 6. The van der Waals surface area contributed by atoms with Gasteiger partial charge in [-0.1, -0.05) is 31.0 Å². The van der Waals surface area contributed by atoms with E-state index in [4.69, 9.17) is 0 Å². The van der Waals surface area contributed by atoms with Crippen molar-refractivity contribution in [1.29, 1.82) is 0 Å². The predicted octanol–water partition coefficient (Wildman–Crippen LogP) is 1.73. The molecule has 1 amide bonds. The van der Waals surface area contributed by atoms with E-state index >= 15 is 0 Å². The zero-order valence-electron chi connectivity index (χ0n) is 12.8. The van der Waals surface area contributed by atoms with Crippen molar-refractivity contribution < 1.29 is 9.90 Å². The summed E-state index contributed by atoms with van der Waals surface area (Å²) in [6.45, 7) is 1.01. The first kappa shape index (κ1) is 16.0. The van der Waals surface area contributed by atoms with Crippen LogP contribution in [0.25, 0.3) is 0 Å². The predicted molar refractivity (Wildman–Crippen MR) is 84.4 cm³/mol. The van der Waals surface area contributed by atoms with Crippen LogP contribution in [0, 0.1) is 5.92 Å². The van der Waals surface area contributed by atoms with Crippen LogP contribution < -0.4 is 10.6 Å². The van der Waals surface area contributed by atoms with Gasteiger partial charge in [0.1, 0.15) is 0 Å². The van der Waals surface area contributed by atoms with E-state index in [-0.39, 0.29) is 24.5 Å². The van der Waals surface area contributed by atoms with Gasteiger partial charge in [0, 0.05) is 24.1 Å². The first-order chi connectivity index (χ1) is 10.3. The summed E-state index contributed by atoms with van der Waals surface area (Å²) in [4.78, 5) is 12.5. The highest BCUT2D eigenvalue weighted by molar-refractivity contribution is 5.95. The molecule has 2 unspecified atom stereocenters. The van der Waals surface area contributed by atoms with Crippen molar-refractivity contribution in [3.05, 3.63) is 35.4 Å². The van der Waals surface area contributed by atoms with Crippen LogP contribution in [-0.4, -0.2) is 37.3 Å². The number of hydrogen-bond acceptors (Lipinski definition) is 3. The van der Waals surface area contributed by atoms with Gasteiger partial charge in [-0.3, -0.25) is 4.79 Å². The van der Waals surface area contributed by atoms with E-state index in [9.17, 15) is 9.90 Å². The van der Waals surface area contributed by atoms with E-state index in [0.29, 0.717) is 0 Å². The number of amides is 1. The number of carbonyl (C=O) groups excluding carboxylic acids is 1. The van der Waals surface area contributed by atoms with Crippen molar-refractivity contribution in [3.8, 4) is 0 Å². The van der Waals surface area contributed by atoms with Crippen LogP contribution >= 0.6 is 0 Å². The van der Waals surface area contributed by atoms with E-state index in [2.05, 4.69) is 10.6 Å². The molecule has 1 aromatic rings. The summed E-state index contributed by atoms with van der Waals surface area (Å²) < 4.78 is 0. The van der Waals surface area contributed by atoms with Crippen molar-refractivity contribution in [2.45, 2.75) is 38.1 Å². The molecular formula is C17H26N2O2. The van der Waals surface area contributed by atoms with E-state index in [1.807, 2.05) is 31.3 Å². The van der Waals surface area contributed by atoms with Crippen molar-refractivity contribution in [1.82, 2.24) is 10.6 Å². The quantitative estimate of drug-likeness (QED) is 0.748. The van der Waals surface area contributed by atoms with Gasteiger partial charge < -0.3 is 15.7 Å². The Labute approximate surface area is 126 Å². The zero-order valence-corrected chi connectivity index (χ0v) is 12.8. The Morgan fingerprint density at radius 3 is 2.81 bits per heavy atom. The molecule has 2 atom stereocenters. The molecule has 0 heterocycles. The lowest BCUT2D eigenvalue weighted by molar-refractivity contribution is 0.0871. The average Bonchev–Trinajstić information content (AvgIpc) is 2.53. The van der Waals surface area contributed by atoms with Gasteiger partial charge in [0.2, 0.25) is 0 Å². The summed E-state index contributed by atoms with van der Waals surface area (Å²) in [7, 11) is 1.91. The number of hydrogen-bond donors (Lipinski definition) is 3. The van der Waals surface area contributed by atoms with Crippen molar-refractivity contribution in [2.24, 2.45) is 5.92 Å². The highest BCUT2D eigenvalue weighted by Gasteiger charge is 2.26. The first-order valence-corrected chi connectivity index (χ1v) is 7.90. The highest BCUT2D eigenvalue weighted by atomic mass is 16.3. The minimum atomic E-state index is -0.00736. The third-order valence-electron chi connectivity index (χ3n) is 4.37. The fourth-order valence-electron chi connectivity index (χ4n) is 3.08. The summed E-state index contributed by atoms with van der Waals surface area (Å²) in [6.07, 6.45) is 5.09. The zero-order chi connectivity index (χ0) is 15.1. The molecule has 0 aromatic heterocycles. The van der Waals surface area contributed by atoms with Gasteiger partial charge in [-0.2, -0.15) is 0 Å². The summed E-state index contributed by atoms with van der Waals surface area (Å²) >= 11 is 0. The van der Waals surface area contributed by atoms with Crippen LogP contribution in [0.3, 0.4) is 0 Å². The molecule has 0 radical (unpaired) electrons. The number of aliphatic hydroxyl groups is 1. The SMILES string of the molecule is CNCCc1ccccc1C(=O)NC1CCCCC1CO. The maximum absolute atomic E-state index is 12.5. The lowest BCUT2D eigenvalue weighted by Gasteiger charge is -2.31. The molecule has 1 fully saturated rings. The van der Waals surface area contributed by atoms with Gasteiger partial charge in [0.15, 0.2) is 0 Å². The molecule has 2 rings (SSSR count). The van der Waals surface area contributed by atoms with Crippen LogP contribution in [0.15, 0.2) is 24.3 Å². The number of nitrogens with one attached hydrogen (secondary N) is 2. The first-order valence-electron chi connectivity index (χ1n) is 7.90. The smallest absolute Gasteiger partial charge is 0.251 e. The van der Waals surface area contributed by atoms with Crippen LogP contribution in [0.5, 0.6) is 0 Å². The number of aliphatic hydroxyl groups excluding tert-OH is 1. The summed E-state index contributed by atoms with van der Waals surface area (Å²) in [6, 6.07) is 7.88. The van der Waals surface area contributed by atoms with Crippen LogP contribution in [0.2, 0.25) is 0 Å². The van der Waals surface area contributed by atoms with Crippen molar-refractivity contribution in [3.63, 3.8) is 0 Å². The largest absolute Gasteiger partial charge is 0.396 e. The Morgan fingerprint density at radius 2 is 2.05 bits per heavy atom. The lowest BCUT2D eigenvalue weighted by atomic mass is 9.85. The van der Waals surface area contributed by atoms with Crippen molar-refractivity contribution in [2.75, 3.05) is 20.2 Å². The summed E-state index contributed by atoms with van der Waals surface area (Å²) in [5.74, 6) is 0.194. The lowest BCUT2D eigenvalue weighted by Crippen LogP contribution is -2.43. The standard InChI is InChI=1S/C17H26N2O2/c1-18-11-10-13-6-2-4-8-15(13)17(21)19-16-9-5-3-7-14(16)12-20/h2,4,6,8,14,16,18,20H,3,5,7,9-12H2,1H3,(H,19,21). The maximum atomic E-state index is 12.5. The van der Waals surface area contributed by atoms with Gasteiger partial charge in [0.05, 0.1) is 0 Å². The minimum absolute atomic E-state index is 0.00736. The van der Waals surface area contributed by atoms with E-state index < -0.39 is 0 Å². The Kier molecular flexibility index (Phi) is 6.21. The molecule has 0 saturated heterocycles. The summed E-state index contributed by atoms with van der Waals surface area (Å²) in [5.41, 5.74) is 1.83. The van der Waals surface area contributed by atoms with Gasteiger partial charge >= 0.3 is 0 Å². The molecule has 1 saturated carbocycles. The molecule has 21 heavy (non-hydrogen) atoms. The molecule has 3 N–H and O–H groups in total. The number of carbonyl (C=O) groups is 1. The molecule has 4 nitrogen and oxygen atoms in total. The Morgan fingerprint density at radius 1 is 1.29 bits per heavy atom. The second-order valence-corrected chi connectivity index (χ2v) is 5.82. The van der Waals surface area contributed by atoms with Crippen LogP contribution in [0.4, 0.5) is 0 Å². The van der Waals surface area contributed by atoms with Crippen LogP contribution in [0.1, 0.15) is 41.6 Å². The highest BCUT2D eigenvalue weighted by Crippen LogP contribution is 2.24. The molecule has 1 aliphatic carbocycles. The fraction of sp³-hybridized carbons (Fsp3) is 0.588. The second kappa shape index (κ2) is 8.15. The maximum Gasteiger partial charge on any atom is 0.251 e.